The van der Waals surface area contributed by atoms with Crippen LogP contribution in [0, 0.1) is 0 Å². The van der Waals surface area contributed by atoms with Crippen LogP contribution in [-0.2, 0) is 14.3 Å². The number of aromatic nitrogens is 2. The topological polar surface area (TPSA) is 67.8 Å². The van der Waals surface area contributed by atoms with E-state index in [1.165, 1.54) is 4.90 Å². The summed E-state index contributed by atoms with van der Waals surface area (Å²) in [7, 11) is 3.40. The number of likely N-dealkylation sites (N-methyl/N-ethyl adjacent to an activating group) is 1. The van der Waals surface area contributed by atoms with E-state index >= 15 is 0 Å². The number of amides is 1. The van der Waals surface area contributed by atoms with Gasteiger partial charge in [-0.1, -0.05) is 11.6 Å². The van der Waals surface area contributed by atoms with Crippen molar-refractivity contribution in [2.75, 3.05) is 45.3 Å². The number of rotatable bonds is 5. The minimum atomic E-state index is -0.360. The molecule has 1 saturated heterocycles. The molecule has 2 heterocycles. The summed E-state index contributed by atoms with van der Waals surface area (Å²) in [5.74, 6) is 0.540. The number of carbonyl (C=O) groups excluding carboxylic acids is 1. The highest BCUT2D eigenvalue weighted by Crippen LogP contribution is 2.24. The van der Waals surface area contributed by atoms with Crippen molar-refractivity contribution in [1.29, 1.82) is 0 Å². The van der Waals surface area contributed by atoms with Crippen LogP contribution in [0.4, 0.5) is 5.95 Å². The SMILES string of the molecule is CN(C)C(=O)COC[C@H]1CN(c2ncc(Cl)cn2)CC(C)(C)O1. The molecule has 7 nitrogen and oxygen atoms in total. The molecule has 1 amide bonds. The predicted octanol–water partition coefficient (Wildman–Crippen LogP) is 1.22. The normalized spacial score (nSPS) is 20.4. The van der Waals surface area contributed by atoms with Crippen molar-refractivity contribution >= 4 is 23.5 Å². The largest absolute Gasteiger partial charge is 0.369 e. The number of hydrogen-bond acceptors (Lipinski definition) is 6. The Bertz CT molecular complexity index is 536. The summed E-state index contributed by atoms with van der Waals surface area (Å²) < 4.78 is 11.5. The van der Waals surface area contributed by atoms with Gasteiger partial charge in [-0.25, -0.2) is 9.97 Å². The standard InChI is InChI=1S/C15H23ClN4O3/c1-15(2)10-20(14-17-5-11(16)6-18-14)7-12(23-15)8-22-9-13(21)19(3)4/h5-6,12H,7-10H2,1-4H3/t12-/m1/s1. The minimum Gasteiger partial charge on any atom is -0.369 e. The van der Waals surface area contributed by atoms with E-state index in [0.717, 1.165) is 0 Å². The lowest BCUT2D eigenvalue weighted by Crippen LogP contribution is -2.54. The van der Waals surface area contributed by atoms with Gasteiger partial charge < -0.3 is 19.3 Å². The number of carbonyl (C=O) groups is 1. The molecule has 0 spiro atoms. The molecular weight excluding hydrogens is 320 g/mol. The van der Waals surface area contributed by atoms with Crippen LogP contribution in [0.15, 0.2) is 12.4 Å². The van der Waals surface area contributed by atoms with E-state index in [1.807, 2.05) is 18.7 Å². The Morgan fingerprint density at radius 1 is 1.48 bits per heavy atom. The number of nitrogens with zero attached hydrogens (tertiary/aromatic N) is 4. The second-order valence-electron chi connectivity index (χ2n) is 6.38. The molecule has 0 bridgehead atoms. The third-order valence-corrected chi connectivity index (χ3v) is 3.59. The molecule has 1 aromatic rings. The first-order chi connectivity index (χ1) is 10.8. The molecule has 0 aromatic carbocycles. The summed E-state index contributed by atoms with van der Waals surface area (Å²) in [6, 6.07) is 0. The van der Waals surface area contributed by atoms with Crippen LogP contribution in [-0.4, -0.2) is 72.9 Å². The molecule has 0 N–H and O–H groups in total. The monoisotopic (exact) mass is 342 g/mol. The van der Waals surface area contributed by atoms with Crippen LogP contribution in [0.1, 0.15) is 13.8 Å². The third-order valence-electron chi connectivity index (χ3n) is 3.40. The van der Waals surface area contributed by atoms with Gasteiger partial charge in [0, 0.05) is 27.2 Å². The summed E-state index contributed by atoms with van der Waals surface area (Å²) in [6.07, 6.45) is 2.99. The molecule has 1 fully saturated rings. The van der Waals surface area contributed by atoms with Gasteiger partial charge in [0.05, 0.1) is 35.7 Å². The van der Waals surface area contributed by atoms with Crippen molar-refractivity contribution in [3.05, 3.63) is 17.4 Å². The maximum absolute atomic E-state index is 11.5. The Morgan fingerprint density at radius 2 is 2.13 bits per heavy atom. The van der Waals surface area contributed by atoms with Gasteiger partial charge in [-0.05, 0) is 13.8 Å². The molecule has 1 aromatic heterocycles. The van der Waals surface area contributed by atoms with Crippen molar-refractivity contribution in [2.24, 2.45) is 0 Å². The van der Waals surface area contributed by atoms with E-state index in [1.54, 1.807) is 26.5 Å². The molecule has 0 unspecified atom stereocenters. The fourth-order valence-corrected chi connectivity index (χ4v) is 2.51. The van der Waals surface area contributed by atoms with Gasteiger partial charge in [-0.3, -0.25) is 4.79 Å². The highest BCUT2D eigenvalue weighted by Gasteiger charge is 2.34. The van der Waals surface area contributed by atoms with Gasteiger partial charge in [0.15, 0.2) is 0 Å². The minimum absolute atomic E-state index is 0.0464. The zero-order valence-electron chi connectivity index (χ0n) is 14.0. The zero-order chi connectivity index (χ0) is 17.0. The van der Waals surface area contributed by atoms with E-state index in [9.17, 15) is 4.79 Å². The van der Waals surface area contributed by atoms with Crippen LogP contribution in [0.3, 0.4) is 0 Å². The molecule has 1 aliphatic heterocycles. The van der Waals surface area contributed by atoms with Gasteiger partial charge in [0.25, 0.3) is 0 Å². The summed E-state index contributed by atoms with van der Waals surface area (Å²) in [6.45, 7) is 5.67. The number of hydrogen-bond donors (Lipinski definition) is 0. The summed E-state index contributed by atoms with van der Waals surface area (Å²) in [5.41, 5.74) is -0.360. The molecule has 0 aliphatic carbocycles. The Kier molecular flexibility index (Phi) is 5.78. The first-order valence-electron chi connectivity index (χ1n) is 7.45. The van der Waals surface area contributed by atoms with Crippen LogP contribution < -0.4 is 4.90 Å². The summed E-state index contributed by atoms with van der Waals surface area (Å²) in [4.78, 5) is 23.6. The summed E-state index contributed by atoms with van der Waals surface area (Å²) in [5, 5.41) is 0.503. The van der Waals surface area contributed by atoms with Crippen LogP contribution in [0.2, 0.25) is 5.02 Å². The van der Waals surface area contributed by atoms with Gasteiger partial charge in [0.2, 0.25) is 11.9 Å². The Morgan fingerprint density at radius 3 is 2.74 bits per heavy atom. The maximum Gasteiger partial charge on any atom is 0.248 e. The average molecular weight is 343 g/mol. The lowest BCUT2D eigenvalue weighted by Gasteiger charge is -2.42. The molecule has 8 heteroatoms. The van der Waals surface area contributed by atoms with E-state index in [4.69, 9.17) is 21.1 Å². The van der Waals surface area contributed by atoms with Crippen LogP contribution in [0.5, 0.6) is 0 Å². The lowest BCUT2D eigenvalue weighted by atomic mass is 10.1. The maximum atomic E-state index is 11.5. The fraction of sp³-hybridized carbons (Fsp3) is 0.667. The first-order valence-corrected chi connectivity index (χ1v) is 7.83. The van der Waals surface area contributed by atoms with Gasteiger partial charge in [0.1, 0.15) is 6.61 Å². The average Bonchev–Trinajstić information content (AvgIpc) is 2.46. The zero-order valence-corrected chi connectivity index (χ0v) is 14.7. The molecule has 1 atom stereocenters. The molecule has 0 radical (unpaired) electrons. The quantitative estimate of drug-likeness (QED) is 0.801. The molecule has 0 saturated carbocycles. The number of ether oxygens (including phenoxy) is 2. The highest BCUT2D eigenvalue weighted by molar-refractivity contribution is 6.30. The van der Waals surface area contributed by atoms with Crippen molar-refractivity contribution < 1.29 is 14.3 Å². The smallest absolute Gasteiger partial charge is 0.248 e. The lowest BCUT2D eigenvalue weighted by molar-refractivity contribution is -0.139. The Labute approximate surface area is 141 Å². The number of halogens is 1. The second kappa shape index (κ2) is 7.42. The fourth-order valence-electron chi connectivity index (χ4n) is 2.41. The molecule has 128 valence electrons. The number of morpholine rings is 1. The Hall–Kier alpha value is -1.44. The molecule has 23 heavy (non-hydrogen) atoms. The highest BCUT2D eigenvalue weighted by atomic mass is 35.5. The Balaban J connectivity index is 1.95. The van der Waals surface area contributed by atoms with Crippen molar-refractivity contribution in [2.45, 2.75) is 25.6 Å². The van der Waals surface area contributed by atoms with Crippen molar-refractivity contribution in [3.8, 4) is 0 Å². The number of anilines is 1. The summed E-state index contributed by atoms with van der Waals surface area (Å²) >= 11 is 5.83. The van der Waals surface area contributed by atoms with Crippen LogP contribution in [0.25, 0.3) is 0 Å². The van der Waals surface area contributed by atoms with Gasteiger partial charge >= 0.3 is 0 Å². The predicted molar refractivity (Wildman–Crippen MR) is 87.7 cm³/mol. The van der Waals surface area contributed by atoms with E-state index in [0.29, 0.717) is 30.7 Å². The molecular formula is C15H23ClN4O3. The van der Waals surface area contributed by atoms with Gasteiger partial charge in [-0.2, -0.15) is 0 Å². The molecule has 1 aliphatic rings. The molecule has 2 rings (SSSR count). The van der Waals surface area contributed by atoms with E-state index in [2.05, 4.69) is 9.97 Å². The van der Waals surface area contributed by atoms with Crippen LogP contribution >= 0.6 is 11.6 Å². The third kappa shape index (κ3) is 5.30. The first kappa shape index (κ1) is 17.9. The van der Waals surface area contributed by atoms with E-state index < -0.39 is 0 Å². The van der Waals surface area contributed by atoms with Crippen molar-refractivity contribution in [3.63, 3.8) is 0 Å². The van der Waals surface area contributed by atoms with Crippen molar-refractivity contribution in [1.82, 2.24) is 14.9 Å². The van der Waals surface area contributed by atoms with Gasteiger partial charge in [-0.15, -0.1) is 0 Å². The second-order valence-corrected chi connectivity index (χ2v) is 6.82. The van der Waals surface area contributed by atoms with E-state index in [-0.39, 0.29) is 24.2 Å².